The van der Waals surface area contributed by atoms with E-state index >= 15 is 17.6 Å². The number of piperazine rings is 1. The molecule has 3 fully saturated rings. The second-order valence-electron chi connectivity index (χ2n) is 20.2. The number of hydrogen-bond donors (Lipinski definition) is 0. The first-order valence-electron chi connectivity index (χ1n) is 23.7. The molecule has 0 unspecified atom stereocenters. The average Bonchev–Trinajstić information content (AvgIpc) is 4.01. The van der Waals surface area contributed by atoms with Crippen molar-refractivity contribution in [3.63, 3.8) is 0 Å². The van der Waals surface area contributed by atoms with Gasteiger partial charge in [-0.3, -0.25) is 4.90 Å². The monoisotopic (exact) mass is 992 g/mol. The lowest BCUT2D eigenvalue weighted by Gasteiger charge is -2.48. The number of aromatic nitrogens is 4. The van der Waals surface area contributed by atoms with Crippen LogP contribution in [0.3, 0.4) is 0 Å². The fraction of sp³-hybridized carbons (Fsp3) is 0.510. The van der Waals surface area contributed by atoms with Gasteiger partial charge in [-0.15, -0.1) is 0 Å². The molecular weight excluding hydrogens is 935 g/mol. The lowest BCUT2D eigenvalue weighted by molar-refractivity contribution is -0.137. The lowest BCUT2D eigenvalue weighted by Crippen LogP contribution is -2.65. The van der Waals surface area contributed by atoms with Crippen molar-refractivity contribution >= 4 is 28.6 Å². The number of ether oxygens (including phenoxy) is 5. The minimum Gasteiger partial charge on any atom is -0.497 e. The Morgan fingerprint density at radius 1 is 0.930 bits per heavy atom. The topological polar surface area (TPSA) is 128 Å². The molecule has 5 aromatic rings. The fourth-order valence-electron chi connectivity index (χ4n) is 10.4. The third-order valence-electron chi connectivity index (χ3n) is 13.7. The standard InChI is InChI=1S/C51H58F6N8O6/c1-28-40(51(55,56)57)35(21-38(58-28)63(22-30-9-14-33(67-7)15-10-30)23-31-11-16-34(68-8)17-12-31)42-41(54)43-39-45(61-47(60-43)69-27-50(19-20-50)26-62(6)25-37(52)53)64-24-32-13-18-36(44(64)29(2)70-46(39)59-42)65(32)48(66)71-49(3,4)5/h9-12,14-17,21,29,32,36-37,44H,13,18-20,22-27H2,1-8H3/t29-,32+,36-,44+/m0/s1. The molecule has 1 amide bonds. The van der Waals surface area contributed by atoms with E-state index in [0.29, 0.717) is 43.7 Å². The number of fused-ring (bicyclic) bond motifs is 5. The van der Waals surface area contributed by atoms with Crippen LogP contribution < -0.4 is 28.7 Å². The molecule has 0 N–H and O–H groups in total. The number of carbonyl (C=O) groups excluding carboxylic acids is 1. The molecule has 4 aliphatic rings. The molecule has 6 heterocycles. The van der Waals surface area contributed by atoms with Gasteiger partial charge < -0.3 is 38.4 Å². The Balaban J connectivity index is 1.19. The first kappa shape index (κ1) is 49.7. The number of aryl methyl sites for hydroxylation is 1. The van der Waals surface area contributed by atoms with Crippen molar-refractivity contribution in [2.45, 2.75) is 116 Å². The Kier molecular flexibility index (Phi) is 13.3. The molecule has 3 aromatic heterocycles. The maximum absolute atomic E-state index is 18.0. The number of anilines is 2. The van der Waals surface area contributed by atoms with Crippen LogP contribution >= 0.6 is 0 Å². The fourth-order valence-corrected chi connectivity index (χ4v) is 10.4. The molecule has 2 bridgehead atoms. The molecule has 9 rings (SSSR count). The van der Waals surface area contributed by atoms with Gasteiger partial charge in [-0.25, -0.2) is 27.9 Å². The van der Waals surface area contributed by atoms with Crippen molar-refractivity contribution in [3.05, 3.63) is 82.8 Å². The molecule has 0 spiro atoms. The largest absolute Gasteiger partial charge is 0.497 e. The summed E-state index contributed by atoms with van der Waals surface area (Å²) < 4.78 is 121. The van der Waals surface area contributed by atoms with Gasteiger partial charge >= 0.3 is 18.3 Å². The minimum atomic E-state index is -5.03. The molecule has 1 saturated carbocycles. The summed E-state index contributed by atoms with van der Waals surface area (Å²) >= 11 is 0. The molecule has 2 saturated heterocycles. The van der Waals surface area contributed by atoms with Gasteiger partial charge in [0.2, 0.25) is 5.88 Å². The van der Waals surface area contributed by atoms with E-state index in [1.165, 1.54) is 17.9 Å². The van der Waals surface area contributed by atoms with E-state index in [1.54, 1.807) is 83.0 Å². The predicted octanol–water partition coefficient (Wildman–Crippen LogP) is 9.87. The summed E-state index contributed by atoms with van der Waals surface area (Å²) in [6.07, 6.45) is -6.28. The molecular formula is C51H58F6N8O6. The normalized spacial score (nSPS) is 20.2. The van der Waals surface area contributed by atoms with Crippen molar-refractivity contribution in [2.24, 2.45) is 5.41 Å². The highest BCUT2D eigenvalue weighted by Crippen LogP contribution is 2.50. The van der Waals surface area contributed by atoms with Crippen LogP contribution in [-0.2, 0) is 24.0 Å². The van der Waals surface area contributed by atoms with Crippen LogP contribution in [0.2, 0.25) is 0 Å². The predicted molar refractivity (Wildman–Crippen MR) is 253 cm³/mol. The van der Waals surface area contributed by atoms with Gasteiger partial charge in [0.25, 0.3) is 6.43 Å². The number of halogens is 6. The number of rotatable bonds is 15. The van der Waals surface area contributed by atoms with Crippen LogP contribution in [0.15, 0.2) is 54.6 Å². The number of carbonyl (C=O) groups is 1. The number of pyridine rings is 2. The Hall–Kier alpha value is -6.31. The molecule has 3 aliphatic heterocycles. The average molecular weight is 993 g/mol. The lowest BCUT2D eigenvalue weighted by atomic mass is 9.98. The number of methoxy groups -OCH3 is 2. The van der Waals surface area contributed by atoms with Gasteiger partial charge in [0.05, 0.1) is 56.8 Å². The van der Waals surface area contributed by atoms with Gasteiger partial charge in [-0.2, -0.15) is 23.1 Å². The Bertz CT molecular complexity index is 2720. The van der Waals surface area contributed by atoms with Crippen LogP contribution in [0, 0.1) is 18.2 Å². The zero-order valence-corrected chi connectivity index (χ0v) is 40.9. The van der Waals surface area contributed by atoms with Crippen LogP contribution in [-0.4, -0.2) is 120 Å². The summed E-state index contributed by atoms with van der Waals surface area (Å²) in [5, 5.41) is 0.0241. The number of amides is 1. The Morgan fingerprint density at radius 3 is 2.13 bits per heavy atom. The summed E-state index contributed by atoms with van der Waals surface area (Å²) in [6.45, 7) is 8.82. The van der Waals surface area contributed by atoms with Gasteiger partial charge in [0.1, 0.15) is 51.4 Å². The van der Waals surface area contributed by atoms with Crippen LogP contribution in [0.1, 0.15) is 75.8 Å². The van der Waals surface area contributed by atoms with E-state index < -0.39 is 88.3 Å². The number of nitrogens with zero attached hydrogens (tertiary/aromatic N) is 8. The van der Waals surface area contributed by atoms with Gasteiger partial charge in [-0.05, 0) is 109 Å². The highest BCUT2D eigenvalue weighted by Gasteiger charge is 2.54. The molecule has 380 valence electrons. The van der Waals surface area contributed by atoms with Crippen LogP contribution in [0.5, 0.6) is 23.4 Å². The second-order valence-corrected chi connectivity index (χ2v) is 20.2. The molecule has 20 heteroatoms. The van der Waals surface area contributed by atoms with Crippen molar-refractivity contribution in [3.8, 4) is 34.6 Å². The maximum Gasteiger partial charge on any atom is 0.418 e. The SMILES string of the molecule is COc1ccc(CN(Cc2ccc(OC)cc2)c2cc(-c3nc4c5c(nc(OCC6(CN(C)CC(F)F)CC6)nc5c3F)N3C[C@H]5CC[C@@H]([C@H]3[C@H](C)O4)N5C(=O)OC(C)(C)C)c(C(F)(F)F)c(C)n2)cc1. The highest BCUT2D eigenvalue weighted by atomic mass is 19.4. The van der Waals surface area contributed by atoms with E-state index in [2.05, 4.69) is 15.0 Å². The Morgan fingerprint density at radius 2 is 1.56 bits per heavy atom. The summed E-state index contributed by atoms with van der Waals surface area (Å²) in [4.78, 5) is 39.4. The highest BCUT2D eigenvalue weighted by molar-refractivity contribution is 5.98. The summed E-state index contributed by atoms with van der Waals surface area (Å²) in [5.41, 5.74) is -3.00. The third-order valence-corrected chi connectivity index (χ3v) is 13.7. The van der Waals surface area contributed by atoms with Gasteiger partial charge in [0, 0.05) is 37.2 Å². The van der Waals surface area contributed by atoms with Crippen molar-refractivity contribution in [2.75, 3.05) is 57.3 Å². The molecule has 2 aromatic carbocycles. The van der Waals surface area contributed by atoms with E-state index in [0.717, 1.165) is 11.1 Å². The summed E-state index contributed by atoms with van der Waals surface area (Å²) in [7, 11) is 4.69. The minimum absolute atomic E-state index is 0.00923. The zero-order valence-electron chi connectivity index (χ0n) is 40.9. The van der Waals surface area contributed by atoms with E-state index in [-0.39, 0.29) is 61.2 Å². The molecule has 0 radical (unpaired) electrons. The number of alkyl halides is 5. The van der Waals surface area contributed by atoms with E-state index in [1.807, 2.05) is 29.2 Å². The first-order chi connectivity index (χ1) is 33.6. The van der Waals surface area contributed by atoms with E-state index in [4.69, 9.17) is 28.7 Å². The quantitative estimate of drug-likeness (QED) is 0.0925. The first-order valence-corrected chi connectivity index (χ1v) is 23.7. The number of benzene rings is 2. The second kappa shape index (κ2) is 19.0. The molecule has 14 nitrogen and oxygen atoms in total. The van der Waals surface area contributed by atoms with Crippen molar-refractivity contribution < 1.29 is 54.8 Å². The van der Waals surface area contributed by atoms with Crippen molar-refractivity contribution in [1.29, 1.82) is 0 Å². The molecule has 1 aliphatic carbocycles. The zero-order chi connectivity index (χ0) is 50.7. The van der Waals surface area contributed by atoms with Gasteiger partial charge in [0.15, 0.2) is 5.82 Å². The van der Waals surface area contributed by atoms with E-state index in [9.17, 15) is 13.6 Å². The van der Waals surface area contributed by atoms with Gasteiger partial charge in [-0.1, -0.05) is 24.3 Å². The smallest absolute Gasteiger partial charge is 0.418 e. The summed E-state index contributed by atoms with van der Waals surface area (Å²) in [5.74, 6) is 0.130. The number of hydrogen-bond acceptors (Lipinski definition) is 13. The van der Waals surface area contributed by atoms with Crippen LogP contribution in [0.4, 0.5) is 42.8 Å². The molecule has 4 atom stereocenters. The van der Waals surface area contributed by atoms with Crippen molar-refractivity contribution in [1.82, 2.24) is 29.7 Å². The maximum atomic E-state index is 18.0. The molecule has 71 heavy (non-hydrogen) atoms. The third kappa shape index (κ3) is 10.3. The van der Waals surface area contributed by atoms with Crippen LogP contribution in [0.25, 0.3) is 22.2 Å². The summed E-state index contributed by atoms with van der Waals surface area (Å²) in [6, 6.07) is 14.0. The Labute approximate surface area is 408 Å².